The predicted molar refractivity (Wildman–Crippen MR) is 55.3 cm³/mol. The summed E-state index contributed by atoms with van der Waals surface area (Å²) < 4.78 is 8.86. The maximum absolute atomic E-state index is 11.1. The van der Waals surface area contributed by atoms with Crippen LogP contribution in [0.4, 0.5) is 0 Å². The van der Waals surface area contributed by atoms with E-state index in [1.807, 2.05) is 23.6 Å². The van der Waals surface area contributed by atoms with Gasteiger partial charge in [-0.1, -0.05) is 18.2 Å². The van der Waals surface area contributed by atoms with E-state index in [0.29, 0.717) is 0 Å². The van der Waals surface area contributed by atoms with Gasteiger partial charge in [-0.3, -0.25) is 4.79 Å². The van der Waals surface area contributed by atoms with Gasteiger partial charge in [-0.05, 0) is 17.1 Å². The second-order valence-corrected chi connectivity index (χ2v) is 3.55. The Hall–Kier alpha value is -1.42. The summed E-state index contributed by atoms with van der Waals surface area (Å²) in [7, 11) is 1.39. The highest BCUT2D eigenvalue weighted by molar-refractivity contribution is 7.04. The minimum Gasteiger partial charge on any atom is -0.469 e. The highest BCUT2D eigenvalue weighted by Gasteiger charge is 2.07. The Morgan fingerprint density at radius 1 is 1.57 bits per heavy atom. The average molecular weight is 207 g/mol. The molecule has 2 aromatic rings. The lowest BCUT2D eigenvalue weighted by Gasteiger charge is -2.00. The van der Waals surface area contributed by atoms with Crippen LogP contribution in [0.1, 0.15) is 5.56 Å². The molecule has 0 unspecified atom stereocenters. The second kappa shape index (κ2) is 3.75. The fourth-order valence-electron chi connectivity index (χ4n) is 1.32. The smallest absolute Gasteiger partial charge is 0.310 e. The quantitative estimate of drug-likeness (QED) is 0.707. The van der Waals surface area contributed by atoms with Crippen molar-refractivity contribution < 1.29 is 9.53 Å². The van der Waals surface area contributed by atoms with Gasteiger partial charge in [-0.15, -0.1) is 0 Å². The van der Waals surface area contributed by atoms with E-state index in [0.717, 1.165) is 16.5 Å². The van der Waals surface area contributed by atoms with Gasteiger partial charge in [-0.25, -0.2) is 0 Å². The van der Waals surface area contributed by atoms with Crippen molar-refractivity contribution in [1.29, 1.82) is 0 Å². The zero-order chi connectivity index (χ0) is 9.97. The Balaban J connectivity index is 2.41. The monoisotopic (exact) mass is 207 g/mol. The molecule has 0 aliphatic heterocycles. The molecule has 0 atom stereocenters. The van der Waals surface area contributed by atoms with Crippen LogP contribution >= 0.6 is 11.5 Å². The molecular formula is C10H9NO2S. The summed E-state index contributed by atoms with van der Waals surface area (Å²) in [5, 5.41) is 3.05. The zero-order valence-corrected chi connectivity index (χ0v) is 8.50. The van der Waals surface area contributed by atoms with Crippen molar-refractivity contribution in [2.45, 2.75) is 6.42 Å². The molecule has 0 fully saturated rings. The van der Waals surface area contributed by atoms with Crippen LogP contribution in [0, 0.1) is 0 Å². The lowest BCUT2D eigenvalue weighted by molar-refractivity contribution is -0.139. The van der Waals surface area contributed by atoms with Crippen molar-refractivity contribution in [2.24, 2.45) is 0 Å². The topological polar surface area (TPSA) is 39.2 Å². The molecule has 1 aromatic carbocycles. The van der Waals surface area contributed by atoms with Gasteiger partial charge in [0.1, 0.15) is 0 Å². The first-order chi connectivity index (χ1) is 6.81. The molecule has 14 heavy (non-hydrogen) atoms. The summed E-state index contributed by atoms with van der Waals surface area (Å²) in [4.78, 5) is 11.1. The zero-order valence-electron chi connectivity index (χ0n) is 7.69. The normalized spacial score (nSPS) is 10.4. The second-order valence-electron chi connectivity index (χ2n) is 2.92. The van der Waals surface area contributed by atoms with Crippen molar-refractivity contribution in [1.82, 2.24) is 4.37 Å². The van der Waals surface area contributed by atoms with Gasteiger partial charge in [0, 0.05) is 10.8 Å². The molecule has 1 heterocycles. The van der Waals surface area contributed by atoms with E-state index in [-0.39, 0.29) is 12.4 Å². The fourth-order valence-corrected chi connectivity index (χ4v) is 2.01. The van der Waals surface area contributed by atoms with Gasteiger partial charge >= 0.3 is 5.97 Å². The minimum atomic E-state index is -0.231. The van der Waals surface area contributed by atoms with E-state index in [9.17, 15) is 4.79 Å². The van der Waals surface area contributed by atoms with E-state index in [1.54, 1.807) is 0 Å². The summed E-state index contributed by atoms with van der Waals surface area (Å²) in [6.07, 6.45) is 0.289. The Morgan fingerprint density at radius 2 is 2.43 bits per heavy atom. The number of hydrogen-bond acceptors (Lipinski definition) is 4. The molecule has 0 saturated carbocycles. The molecular weight excluding hydrogens is 198 g/mol. The number of ether oxygens (including phenoxy) is 1. The number of hydrogen-bond donors (Lipinski definition) is 0. The fraction of sp³-hybridized carbons (Fsp3) is 0.200. The van der Waals surface area contributed by atoms with Crippen LogP contribution in [-0.4, -0.2) is 17.5 Å². The molecule has 3 nitrogen and oxygen atoms in total. The molecule has 0 N–H and O–H groups in total. The molecule has 72 valence electrons. The number of carbonyl (C=O) groups excluding carboxylic acids is 1. The number of carbonyl (C=O) groups is 1. The number of fused-ring (bicyclic) bond motifs is 1. The largest absolute Gasteiger partial charge is 0.469 e. The third-order valence-corrected chi connectivity index (χ3v) is 2.68. The molecule has 0 aliphatic carbocycles. The Kier molecular flexibility index (Phi) is 2.45. The third kappa shape index (κ3) is 1.61. The molecule has 0 amide bonds. The van der Waals surface area contributed by atoms with Crippen LogP contribution in [0.25, 0.3) is 10.9 Å². The van der Waals surface area contributed by atoms with Crippen molar-refractivity contribution >= 4 is 28.4 Å². The molecule has 0 saturated heterocycles. The summed E-state index contributed by atoms with van der Waals surface area (Å²) in [5.41, 5.74) is 1.83. The van der Waals surface area contributed by atoms with Crippen LogP contribution in [0.2, 0.25) is 0 Å². The lowest BCUT2D eigenvalue weighted by atomic mass is 10.1. The standard InChI is InChI=1S/C10H9NO2S/c1-13-9(12)5-7-3-2-4-8-6-14-11-10(7)8/h2-4,6H,5H2,1H3. The van der Waals surface area contributed by atoms with Crippen LogP contribution < -0.4 is 0 Å². The van der Waals surface area contributed by atoms with Crippen molar-refractivity contribution in [3.05, 3.63) is 29.1 Å². The number of methoxy groups -OCH3 is 1. The highest BCUT2D eigenvalue weighted by Crippen LogP contribution is 2.19. The van der Waals surface area contributed by atoms with Crippen LogP contribution in [0.15, 0.2) is 23.6 Å². The molecule has 4 heteroatoms. The number of rotatable bonds is 2. The molecule has 1 aromatic heterocycles. The van der Waals surface area contributed by atoms with Crippen LogP contribution in [0.3, 0.4) is 0 Å². The molecule has 2 rings (SSSR count). The first kappa shape index (κ1) is 9.15. The van der Waals surface area contributed by atoms with Crippen molar-refractivity contribution in [2.75, 3.05) is 7.11 Å². The van der Waals surface area contributed by atoms with Gasteiger partial charge in [0.05, 0.1) is 19.0 Å². The van der Waals surface area contributed by atoms with Gasteiger partial charge in [0.15, 0.2) is 0 Å². The van der Waals surface area contributed by atoms with Gasteiger partial charge in [0.2, 0.25) is 0 Å². The first-order valence-corrected chi connectivity index (χ1v) is 5.03. The van der Waals surface area contributed by atoms with E-state index in [2.05, 4.69) is 9.11 Å². The molecule has 0 bridgehead atoms. The van der Waals surface area contributed by atoms with E-state index >= 15 is 0 Å². The summed E-state index contributed by atoms with van der Waals surface area (Å²) in [6.45, 7) is 0. The summed E-state index contributed by atoms with van der Waals surface area (Å²) in [6, 6.07) is 5.81. The van der Waals surface area contributed by atoms with Crippen LogP contribution in [-0.2, 0) is 16.0 Å². The number of esters is 1. The maximum Gasteiger partial charge on any atom is 0.310 e. The maximum atomic E-state index is 11.1. The lowest BCUT2D eigenvalue weighted by Crippen LogP contribution is -2.04. The van der Waals surface area contributed by atoms with Crippen molar-refractivity contribution in [3.63, 3.8) is 0 Å². The van der Waals surface area contributed by atoms with E-state index in [1.165, 1.54) is 18.6 Å². The van der Waals surface area contributed by atoms with E-state index in [4.69, 9.17) is 0 Å². The average Bonchev–Trinajstić information content (AvgIpc) is 2.66. The predicted octanol–water partition coefficient (Wildman–Crippen LogP) is 2.01. The molecule has 0 radical (unpaired) electrons. The Labute approximate surface area is 85.5 Å². The first-order valence-electron chi connectivity index (χ1n) is 4.20. The summed E-state index contributed by atoms with van der Waals surface area (Å²) in [5.74, 6) is -0.231. The number of aromatic nitrogens is 1. The van der Waals surface area contributed by atoms with Gasteiger partial charge in [-0.2, -0.15) is 4.37 Å². The van der Waals surface area contributed by atoms with Gasteiger partial charge in [0.25, 0.3) is 0 Å². The summed E-state index contributed by atoms with van der Waals surface area (Å²) >= 11 is 1.40. The van der Waals surface area contributed by atoms with Gasteiger partial charge < -0.3 is 4.74 Å². The third-order valence-electron chi connectivity index (χ3n) is 2.04. The number of benzene rings is 1. The van der Waals surface area contributed by atoms with Crippen LogP contribution in [0.5, 0.6) is 0 Å². The van der Waals surface area contributed by atoms with E-state index < -0.39 is 0 Å². The Morgan fingerprint density at radius 3 is 3.21 bits per heavy atom. The SMILES string of the molecule is COC(=O)Cc1cccc2csnc12. The number of nitrogens with zero attached hydrogens (tertiary/aromatic N) is 1. The highest BCUT2D eigenvalue weighted by atomic mass is 32.1. The molecule has 0 spiro atoms. The Bertz CT molecular complexity index is 464. The molecule has 0 aliphatic rings. The van der Waals surface area contributed by atoms with Crippen molar-refractivity contribution in [3.8, 4) is 0 Å². The minimum absolute atomic E-state index is 0.231.